The second-order valence-electron chi connectivity index (χ2n) is 11.3. The molecule has 0 bridgehead atoms. The van der Waals surface area contributed by atoms with Gasteiger partial charge < -0.3 is 9.84 Å². The molecule has 156 valence electrons. The minimum Gasteiger partial charge on any atom is -0.393 e. The third-order valence-corrected chi connectivity index (χ3v) is 10.4. The Kier molecular flexibility index (Phi) is 4.42. The molecule has 28 heavy (non-hydrogen) atoms. The first-order chi connectivity index (χ1) is 13.3. The van der Waals surface area contributed by atoms with Crippen LogP contribution in [0.3, 0.4) is 0 Å². The lowest BCUT2D eigenvalue weighted by Gasteiger charge is -2.58. The van der Waals surface area contributed by atoms with Crippen molar-refractivity contribution in [2.45, 2.75) is 96.2 Å². The SMILES string of the molecule is COC1([C@H]2CCC3C4C(=O)C=C5C[C@@H](O)CC[C@]5(C)C4CC[C@@]32C)CCCC1. The van der Waals surface area contributed by atoms with Gasteiger partial charge >= 0.3 is 0 Å². The van der Waals surface area contributed by atoms with E-state index in [1.54, 1.807) is 0 Å². The zero-order valence-electron chi connectivity index (χ0n) is 18.0. The highest BCUT2D eigenvalue weighted by Gasteiger charge is 2.64. The molecule has 0 amide bonds. The number of ketones is 1. The molecular formula is C25H38O3. The highest BCUT2D eigenvalue weighted by atomic mass is 16.5. The van der Waals surface area contributed by atoms with Crippen molar-refractivity contribution in [3.63, 3.8) is 0 Å². The van der Waals surface area contributed by atoms with Gasteiger partial charge in [0.2, 0.25) is 0 Å². The average Bonchev–Trinajstić information content (AvgIpc) is 3.28. The molecule has 0 spiro atoms. The van der Waals surface area contributed by atoms with Crippen molar-refractivity contribution in [2.24, 2.45) is 34.5 Å². The zero-order valence-corrected chi connectivity index (χ0v) is 18.0. The fourth-order valence-corrected chi connectivity index (χ4v) is 8.92. The number of aliphatic hydroxyl groups excluding tert-OH is 1. The lowest BCUT2D eigenvalue weighted by atomic mass is 9.46. The third-order valence-electron chi connectivity index (χ3n) is 10.4. The molecule has 0 heterocycles. The Balaban J connectivity index is 1.50. The predicted molar refractivity (Wildman–Crippen MR) is 110 cm³/mol. The first-order valence-corrected chi connectivity index (χ1v) is 11.8. The van der Waals surface area contributed by atoms with E-state index in [1.807, 2.05) is 13.2 Å². The van der Waals surface area contributed by atoms with Gasteiger partial charge in [-0.05, 0) is 92.4 Å². The van der Waals surface area contributed by atoms with Crippen LogP contribution in [0, 0.1) is 34.5 Å². The molecular weight excluding hydrogens is 348 g/mol. The maximum Gasteiger partial charge on any atom is 0.159 e. The smallest absolute Gasteiger partial charge is 0.159 e. The fraction of sp³-hybridized carbons (Fsp3) is 0.880. The van der Waals surface area contributed by atoms with Crippen LogP contribution in [0.4, 0.5) is 0 Å². The number of hydrogen-bond donors (Lipinski definition) is 1. The monoisotopic (exact) mass is 386 g/mol. The van der Waals surface area contributed by atoms with Crippen LogP contribution in [0.2, 0.25) is 0 Å². The summed E-state index contributed by atoms with van der Waals surface area (Å²) in [5.74, 6) is 2.17. The first kappa shape index (κ1) is 19.3. The molecule has 5 aliphatic rings. The summed E-state index contributed by atoms with van der Waals surface area (Å²) >= 11 is 0. The van der Waals surface area contributed by atoms with Crippen molar-refractivity contribution in [3.8, 4) is 0 Å². The molecule has 0 aromatic heterocycles. The van der Waals surface area contributed by atoms with E-state index in [1.165, 1.54) is 56.9 Å². The number of aliphatic hydroxyl groups is 1. The number of carbonyl (C=O) groups is 1. The minimum atomic E-state index is -0.252. The van der Waals surface area contributed by atoms with Crippen molar-refractivity contribution in [1.82, 2.24) is 0 Å². The van der Waals surface area contributed by atoms with Gasteiger partial charge in [0.1, 0.15) is 0 Å². The predicted octanol–water partition coefficient (Wildman–Crippen LogP) is 5.06. The largest absolute Gasteiger partial charge is 0.393 e. The average molecular weight is 387 g/mol. The molecule has 1 N–H and O–H groups in total. The van der Waals surface area contributed by atoms with E-state index < -0.39 is 0 Å². The molecule has 3 nitrogen and oxygen atoms in total. The van der Waals surface area contributed by atoms with Crippen LogP contribution in [-0.2, 0) is 9.53 Å². The van der Waals surface area contributed by atoms with E-state index in [9.17, 15) is 9.90 Å². The van der Waals surface area contributed by atoms with E-state index in [0.29, 0.717) is 30.0 Å². The van der Waals surface area contributed by atoms with Gasteiger partial charge in [0, 0.05) is 13.0 Å². The summed E-state index contributed by atoms with van der Waals surface area (Å²) in [5, 5.41) is 10.2. The number of rotatable bonds is 2. The number of allylic oxidation sites excluding steroid dienone is 1. The second kappa shape index (κ2) is 6.41. The number of methoxy groups -OCH3 is 1. The zero-order chi connectivity index (χ0) is 19.7. The van der Waals surface area contributed by atoms with E-state index >= 15 is 0 Å². The molecule has 0 saturated heterocycles. The number of hydrogen-bond acceptors (Lipinski definition) is 3. The highest BCUT2D eigenvalue weighted by Crippen LogP contribution is 2.68. The van der Waals surface area contributed by atoms with Crippen LogP contribution < -0.4 is 0 Å². The Labute approximate surface area is 170 Å². The summed E-state index contributed by atoms with van der Waals surface area (Å²) in [5.41, 5.74) is 1.68. The summed E-state index contributed by atoms with van der Waals surface area (Å²) in [6, 6.07) is 0. The van der Waals surface area contributed by atoms with Crippen LogP contribution in [0.5, 0.6) is 0 Å². The topological polar surface area (TPSA) is 46.5 Å². The van der Waals surface area contributed by atoms with Gasteiger partial charge in [-0.15, -0.1) is 0 Å². The second-order valence-corrected chi connectivity index (χ2v) is 11.3. The number of ether oxygens (including phenoxy) is 1. The normalized spacial score (nSPS) is 49.9. The Morgan fingerprint density at radius 2 is 1.75 bits per heavy atom. The van der Waals surface area contributed by atoms with Gasteiger partial charge in [-0.3, -0.25) is 4.79 Å². The summed E-state index contributed by atoms with van der Waals surface area (Å²) in [6.07, 6.45) is 14.2. The van der Waals surface area contributed by atoms with Gasteiger partial charge in [0.25, 0.3) is 0 Å². The number of fused-ring (bicyclic) bond motifs is 5. The maximum atomic E-state index is 13.4. The minimum absolute atomic E-state index is 0.0634. The molecule has 0 radical (unpaired) electrons. The lowest BCUT2D eigenvalue weighted by Crippen LogP contribution is -2.55. The Morgan fingerprint density at radius 3 is 2.46 bits per heavy atom. The Morgan fingerprint density at radius 1 is 1.00 bits per heavy atom. The third kappa shape index (κ3) is 2.44. The van der Waals surface area contributed by atoms with Crippen molar-refractivity contribution < 1.29 is 14.6 Å². The molecule has 5 aliphatic carbocycles. The van der Waals surface area contributed by atoms with E-state index in [2.05, 4.69) is 13.8 Å². The molecule has 0 aromatic rings. The summed E-state index contributed by atoms with van der Waals surface area (Å²) < 4.78 is 6.25. The van der Waals surface area contributed by atoms with Crippen molar-refractivity contribution >= 4 is 5.78 Å². The van der Waals surface area contributed by atoms with Crippen LogP contribution in [0.25, 0.3) is 0 Å². The van der Waals surface area contributed by atoms with Gasteiger partial charge in [-0.25, -0.2) is 0 Å². The molecule has 0 aromatic carbocycles. The van der Waals surface area contributed by atoms with Gasteiger partial charge in [0.05, 0.1) is 11.7 Å². The van der Waals surface area contributed by atoms with Gasteiger partial charge in [-0.1, -0.05) is 32.3 Å². The van der Waals surface area contributed by atoms with Crippen LogP contribution >= 0.6 is 0 Å². The molecule has 4 saturated carbocycles. The maximum absolute atomic E-state index is 13.4. The first-order valence-electron chi connectivity index (χ1n) is 11.8. The fourth-order valence-electron chi connectivity index (χ4n) is 8.92. The molecule has 0 aliphatic heterocycles. The highest BCUT2D eigenvalue weighted by molar-refractivity contribution is 5.94. The van der Waals surface area contributed by atoms with Crippen molar-refractivity contribution in [1.29, 1.82) is 0 Å². The molecule has 3 heteroatoms. The Hall–Kier alpha value is -0.670. The van der Waals surface area contributed by atoms with E-state index in [0.717, 1.165) is 12.8 Å². The molecule has 5 rings (SSSR count). The van der Waals surface area contributed by atoms with E-state index in [-0.39, 0.29) is 28.5 Å². The van der Waals surface area contributed by atoms with Crippen molar-refractivity contribution in [2.75, 3.05) is 7.11 Å². The quantitative estimate of drug-likeness (QED) is 0.721. The van der Waals surface area contributed by atoms with Crippen LogP contribution in [-0.4, -0.2) is 29.7 Å². The lowest BCUT2D eigenvalue weighted by molar-refractivity contribution is -0.144. The van der Waals surface area contributed by atoms with Gasteiger partial charge in [0.15, 0.2) is 5.78 Å². The summed E-state index contributed by atoms with van der Waals surface area (Å²) in [7, 11) is 1.93. The molecule has 4 fully saturated rings. The van der Waals surface area contributed by atoms with E-state index in [4.69, 9.17) is 4.74 Å². The Bertz CT molecular complexity index is 690. The standard InChI is InChI=1S/C25H38O3/c1-23-12-8-17(26)14-16(23)15-20(27)22-18-6-7-21(24(18,2)13-9-19(22)23)25(28-3)10-4-5-11-25/h15,17-19,21-22,26H,4-14H2,1-3H3/t17-,18?,19?,21-,22?,23-,24-/m0/s1. The summed E-state index contributed by atoms with van der Waals surface area (Å²) in [4.78, 5) is 13.4. The molecule has 7 atom stereocenters. The van der Waals surface area contributed by atoms with Crippen molar-refractivity contribution in [3.05, 3.63) is 11.6 Å². The van der Waals surface area contributed by atoms with Crippen LogP contribution in [0.1, 0.15) is 84.5 Å². The summed E-state index contributed by atoms with van der Waals surface area (Å²) in [6.45, 7) is 4.90. The van der Waals surface area contributed by atoms with Crippen LogP contribution in [0.15, 0.2) is 11.6 Å². The molecule has 3 unspecified atom stereocenters. The number of carbonyl (C=O) groups excluding carboxylic acids is 1. The van der Waals surface area contributed by atoms with Gasteiger partial charge in [-0.2, -0.15) is 0 Å².